The van der Waals surface area contributed by atoms with Gasteiger partial charge in [0.15, 0.2) is 0 Å². The van der Waals surface area contributed by atoms with Crippen LogP contribution in [0.4, 0.5) is 0 Å². The molecule has 0 aromatic rings. The molecule has 2 aliphatic rings. The van der Waals surface area contributed by atoms with Crippen LogP contribution in [-0.2, 0) is 4.79 Å². The molecule has 0 spiro atoms. The molecule has 0 aromatic carbocycles. The highest BCUT2D eigenvalue weighted by atomic mass is 16.3. The van der Waals surface area contributed by atoms with Crippen LogP contribution in [0.25, 0.3) is 0 Å². The predicted octanol–water partition coefficient (Wildman–Crippen LogP) is 0.411. The van der Waals surface area contributed by atoms with Crippen molar-refractivity contribution in [3.63, 3.8) is 0 Å². The van der Waals surface area contributed by atoms with Crippen LogP contribution in [0.5, 0.6) is 0 Å². The number of aliphatic hydroxyl groups is 1. The largest absolute Gasteiger partial charge is 0.390 e. The molecule has 2 fully saturated rings. The van der Waals surface area contributed by atoms with E-state index in [1.165, 1.54) is 0 Å². The molecule has 1 atom stereocenters. The number of hydrogen-bond donors (Lipinski definition) is 1. The first-order valence-electron chi connectivity index (χ1n) is 5.81. The maximum absolute atomic E-state index is 10.9. The summed E-state index contributed by atoms with van der Waals surface area (Å²) in [6.07, 6.45) is 4.75. The predicted molar refractivity (Wildman–Crippen MR) is 57.2 cm³/mol. The molecule has 86 valence electrons. The van der Waals surface area contributed by atoms with Crippen LogP contribution in [0.15, 0.2) is 0 Å². The third kappa shape index (κ3) is 2.38. The Bertz CT molecular complexity index is 233. The molecule has 2 rings (SSSR count). The zero-order chi connectivity index (χ0) is 10.9. The summed E-state index contributed by atoms with van der Waals surface area (Å²) >= 11 is 0. The minimum Gasteiger partial charge on any atom is -0.390 e. The highest BCUT2D eigenvalue weighted by Gasteiger charge is 2.34. The van der Waals surface area contributed by atoms with E-state index < -0.39 is 5.60 Å². The fourth-order valence-electron chi connectivity index (χ4n) is 2.50. The van der Waals surface area contributed by atoms with Gasteiger partial charge in [-0.25, -0.2) is 10.0 Å². The molecule has 0 bridgehead atoms. The first-order chi connectivity index (χ1) is 7.12. The summed E-state index contributed by atoms with van der Waals surface area (Å²) in [5, 5.41) is 14.3. The number of hydrogen-bond acceptors (Lipinski definition) is 4. The molecule has 2 saturated heterocycles. The number of hydrazine groups is 1. The quantitative estimate of drug-likeness (QED) is 0.673. The molecular formula is C11H20N2O2. The van der Waals surface area contributed by atoms with E-state index in [-0.39, 0.29) is 6.04 Å². The van der Waals surface area contributed by atoms with Crippen LogP contribution < -0.4 is 0 Å². The van der Waals surface area contributed by atoms with Crippen LogP contribution in [0.2, 0.25) is 0 Å². The average molecular weight is 212 g/mol. The third-order valence-corrected chi connectivity index (χ3v) is 3.61. The first-order valence-corrected chi connectivity index (χ1v) is 5.81. The fraction of sp³-hybridized carbons (Fsp3) is 0.909. The summed E-state index contributed by atoms with van der Waals surface area (Å²) < 4.78 is 0. The molecule has 0 radical (unpaired) electrons. The van der Waals surface area contributed by atoms with Gasteiger partial charge in [-0.3, -0.25) is 0 Å². The lowest BCUT2D eigenvalue weighted by atomic mass is 9.95. The van der Waals surface area contributed by atoms with E-state index in [1.54, 1.807) is 0 Å². The van der Waals surface area contributed by atoms with Crippen LogP contribution in [-0.4, -0.2) is 52.7 Å². The maximum Gasteiger partial charge on any atom is 0.138 e. The zero-order valence-corrected chi connectivity index (χ0v) is 9.35. The van der Waals surface area contributed by atoms with Gasteiger partial charge in [0.05, 0.1) is 11.6 Å². The van der Waals surface area contributed by atoms with Crippen molar-refractivity contribution in [3.8, 4) is 0 Å². The second-order valence-corrected chi connectivity index (χ2v) is 4.96. The Labute approximate surface area is 90.8 Å². The molecular weight excluding hydrogens is 192 g/mol. The SMILES string of the molecule is CC1(O)CCN(N2CCC[C@H]2C=O)CC1. The number of nitrogens with zero attached hydrogens (tertiary/aromatic N) is 2. The number of rotatable bonds is 2. The van der Waals surface area contributed by atoms with E-state index in [0.717, 1.165) is 51.6 Å². The van der Waals surface area contributed by atoms with Gasteiger partial charge >= 0.3 is 0 Å². The maximum atomic E-state index is 10.9. The lowest BCUT2D eigenvalue weighted by molar-refractivity contribution is -0.126. The van der Waals surface area contributed by atoms with Gasteiger partial charge in [0, 0.05) is 19.6 Å². The minimum atomic E-state index is -0.507. The summed E-state index contributed by atoms with van der Waals surface area (Å²) in [5.41, 5.74) is -0.507. The van der Waals surface area contributed by atoms with Crippen molar-refractivity contribution >= 4 is 6.29 Å². The Morgan fingerprint density at radius 3 is 2.60 bits per heavy atom. The van der Waals surface area contributed by atoms with Crippen molar-refractivity contribution in [1.29, 1.82) is 0 Å². The van der Waals surface area contributed by atoms with Crippen molar-refractivity contribution in [2.75, 3.05) is 19.6 Å². The van der Waals surface area contributed by atoms with Gasteiger partial charge in [-0.15, -0.1) is 0 Å². The third-order valence-electron chi connectivity index (χ3n) is 3.61. The molecule has 2 aliphatic heterocycles. The lowest BCUT2D eigenvalue weighted by Gasteiger charge is -2.41. The van der Waals surface area contributed by atoms with Gasteiger partial charge in [0.1, 0.15) is 6.29 Å². The van der Waals surface area contributed by atoms with Gasteiger partial charge in [-0.2, -0.15) is 0 Å². The van der Waals surface area contributed by atoms with Crippen molar-refractivity contribution in [3.05, 3.63) is 0 Å². The number of piperidine rings is 1. The molecule has 1 N–H and O–H groups in total. The molecule has 0 unspecified atom stereocenters. The van der Waals surface area contributed by atoms with Gasteiger partial charge in [-0.1, -0.05) is 0 Å². The normalized spacial score (nSPS) is 33.1. The summed E-state index contributed by atoms with van der Waals surface area (Å²) in [4.78, 5) is 10.9. The van der Waals surface area contributed by atoms with Gasteiger partial charge < -0.3 is 9.90 Å². The Kier molecular flexibility index (Phi) is 3.09. The van der Waals surface area contributed by atoms with E-state index >= 15 is 0 Å². The second kappa shape index (κ2) is 4.20. The Balaban J connectivity index is 1.92. The lowest BCUT2D eigenvalue weighted by Crippen LogP contribution is -2.52. The highest BCUT2D eigenvalue weighted by molar-refractivity contribution is 5.57. The number of carbonyl (C=O) groups is 1. The van der Waals surface area contributed by atoms with Gasteiger partial charge in [0.2, 0.25) is 0 Å². The molecule has 0 saturated carbocycles. The van der Waals surface area contributed by atoms with Crippen molar-refractivity contribution < 1.29 is 9.90 Å². The molecule has 4 nitrogen and oxygen atoms in total. The summed E-state index contributed by atoms with van der Waals surface area (Å²) in [7, 11) is 0. The van der Waals surface area contributed by atoms with Crippen molar-refractivity contribution in [2.45, 2.75) is 44.2 Å². The molecule has 0 aliphatic carbocycles. The van der Waals surface area contributed by atoms with Crippen LogP contribution in [0.3, 0.4) is 0 Å². The monoisotopic (exact) mass is 212 g/mol. The van der Waals surface area contributed by atoms with Crippen molar-refractivity contribution in [2.24, 2.45) is 0 Å². The Morgan fingerprint density at radius 1 is 1.33 bits per heavy atom. The molecule has 15 heavy (non-hydrogen) atoms. The molecule has 4 heteroatoms. The number of carbonyl (C=O) groups excluding carboxylic acids is 1. The summed E-state index contributed by atoms with van der Waals surface area (Å²) in [6, 6.07) is 0.0769. The van der Waals surface area contributed by atoms with E-state index in [0.29, 0.717) is 0 Å². The Hall–Kier alpha value is -0.450. The molecule has 2 heterocycles. The highest BCUT2D eigenvalue weighted by Crippen LogP contribution is 2.26. The van der Waals surface area contributed by atoms with E-state index in [1.807, 2.05) is 6.92 Å². The van der Waals surface area contributed by atoms with Crippen molar-refractivity contribution in [1.82, 2.24) is 10.0 Å². The summed E-state index contributed by atoms with van der Waals surface area (Å²) in [6.45, 7) is 4.63. The van der Waals surface area contributed by atoms with Crippen LogP contribution in [0, 0.1) is 0 Å². The van der Waals surface area contributed by atoms with Crippen LogP contribution >= 0.6 is 0 Å². The first kappa shape index (κ1) is 11.0. The average Bonchev–Trinajstić information content (AvgIpc) is 2.65. The van der Waals surface area contributed by atoms with E-state index in [4.69, 9.17) is 0 Å². The Morgan fingerprint density at radius 2 is 2.00 bits per heavy atom. The summed E-state index contributed by atoms with van der Waals surface area (Å²) in [5.74, 6) is 0. The zero-order valence-electron chi connectivity index (χ0n) is 9.35. The van der Waals surface area contributed by atoms with E-state index in [2.05, 4.69) is 10.0 Å². The van der Waals surface area contributed by atoms with Gasteiger partial charge in [0.25, 0.3) is 0 Å². The van der Waals surface area contributed by atoms with Gasteiger partial charge in [-0.05, 0) is 32.6 Å². The smallest absolute Gasteiger partial charge is 0.138 e. The molecule has 0 amide bonds. The minimum absolute atomic E-state index is 0.0769. The fourth-order valence-corrected chi connectivity index (χ4v) is 2.50. The van der Waals surface area contributed by atoms with Crippen LogP contribution in [0.1, 0.15) is 32.6 Å². The molecule has 0 aromatic heterocycles. The number of aldehydes is 1. The van der Waals surface area contributed by atoms with E-state index in [9.17, 15) is 9.90 Å². The second-order valence-electron chi connectivity index (χ2n) is 4.96. The standard InChI is InChI=1S/C11H20N2O2/c1-11(15)4-7-12(8-5-11)13-6-2-3-10(13)9-14/h9-10,15H,2-8H2,1H3/t10-/m0/s1. The topological polar surface area (TPSA) is 43.8 Å².